The number of tetrazole rings is 1. The smallest absolute Gasteiger partial charge is 0.278 e. The molecule has 0 bridgehead atoms. The van der Waals surface area contributed by atoms with Gasteiger partial charge >= 0.3 is 0 Å². The highest BCUT2D eigenvalue weighted by atomic mass is 16.2. The average Bonchev–Trinajstić information content (AvgIpc) is 2.89. The number of hydrogen-bond donors (Lipinski definition) is 4. The van der Waals surface area contributed by atoms with Gasteiger partial charge in [-0.1, -0.05) is 5.10 Å². The highest BCUT2D eigenvalue weighted by Gasteiger charge is 2.11. The van der Waals surface area contributed by atoms with Gasteiger partial charge in [-0.15, -0.1) is 5.10 Å². The molecule has 0 fully saturated rings. The minimum atomic E-state index is -0.472. The number of carbonyl (C=O) groups is 1. The standard InChI is InChI=1S/C8H11N9O/c9-1-2-11-6-4-10-3-5(12-6)7(18)13-8-14-16-17-15-8/h3-4H,1-2,9H2,(H,11,12)(H2,13,14,15,16,17,18). The predicted molar refractivity (Wildman–Crippen MR) is 61.7 cm³/mol. The lowest BCUT2D eigenvalue weighted by Crippen LogP contribution is -2.18. The Morgan fingerprint density at radius 1 is 1.44 bits per heavy atom. The maximum Gasteiger partial charge on any atom is 0.278 e. The number of nitrogens with two attached hydrogens (primary N) is 1. The van der Waals surface area contributed by atoms with Gasteiger partial charge < -0.3 is 11.1 Å². The van der Waals surface area contributed by atoms with Crippen molar-refractivity contribution in [3.05, 3.63) is 18.1 Å². The Balaban J connectivity index is 2.05. The van der Waals surface area contributed by atoms with Gasteiger partial charge in [0, 0.05) is 13.1 Å². The van der Waals surface area contributed by atoms with E-state index in [9.17, 15) is 4.79 Å². The lowest BCUT2D eigenvalue weighted by Gasteiger charge is -2.04. The third-order valence-corrected chi connectivity index (χ3v) is 1.89. The maximum atomic E-state index is 11.8. The second-order valence-corrected chi connectivity index (χ2v) is 3.19. The topological polar surface area (TPSA) is 147 Å². The summed E-state index contributed by atoms with van der Waals surface area (Å²) in [6.07, 6.45) is 2.84. The molecule has 0 saturated heterocycles. The molecule has 0 aliphatic rings. The molecule has 1 amide bonds. The molecular formula is C8H11N9O. The maximum absolute atomic E-state index is 11.8. The number of nitrogens with one attached hydrogen (secondary N) is 3. The van der Waals surface area contributed by atoms with Gasteiger partial charge in [-0.25, -0.2) is 4.98 Å². The first-order chi connectivity index (χ1) is 8.79. The first-order valence-corrected chi connectivity index (χ1v) is 5.10. The van der Waals surface area contributed by atoms with Crippen LogP contribution < -0.4 is 16.4 Å². The van der Waals surface area contributed by atoms with Crippen LogP contribution in [-0.4, -0.2) is 49.6 Å². The van der Waals surface area contributed by atoms with Crippen molar-refractivity contribution in [1.29, 1.82) is 0 Å². The van der Waals surface area contributed by atoms with Crippen LogP contribution in [0.25, 0.3) is 0 Å². The van der Waals surface area contributed by atoms with Crippen LogP contribution in [0.1, 0.15) is 10.5 Å². The number of carbonyl (C=O) groups excluding carboxylic acids is 1. The van der Waals surface area contributed by atoms with Crippen LogP contribution in [0.3, 0.4) is 0 Å². The first-order valence-electron chi connectivity index (χ1n) is 5.10. The normalized spacial score (nSPS) is 10.1. The van der Waals surface area contributed by atoms with Gasteiger partial charge in [0.05, 0.1) is 12.4 Å². The number of hydrogen-bond acceptors (Lipinski definition) is 8. The molecule has 2 aromatic heterocycles. The summed E-state index contributed by atoms with van der Waals surface area (Å²) in [5.41, 5.74) is 5.49. The van der Waals surface area contributed by atoms with Gasteiger partial charge in [0.1, 0.15) is 11.5 Å². The van der Waals surface area contributed by atoms with Crippen LogP contribution in [0.2, 0.25) is 0 Å². The van der Waals surface area contributed by atoms with Crippen molar-refractivity contribution in [2.45, 2.75) is 0 Å². The van der Waals surface area contributed by atoms with E-state index in [4.69, 9.17) is 5.73 Å². The monoisotopic (exact) mass is 249 g/mol. The van der Waals surface area contributed by atoms with E-state index < -0.39 is 5.91 Å². The molecule has 10 heteroatoms. The van der Waals surface area contributed by atoms with Crippen LogP contribution in [0.4, 0.5) is 11.8 Å². The van der Waals surface area contributed by atoms with Crippen molar-refractivity contribution in [2.24, 2.45) is 5.73 Å². The summed E-state index contributed by atoms with van der Waals surface area (Å²) in [4.78, 5) is 19.7. The van der Waals surface area contributed by atoms with Crippen LogP contribution in [-0.2, 0) is 0 Å². The first kappa shape index (κ1) is 11.9. The molecule has 0 atom stereocenters. The quantitative estimate of drug-likeness (QED) is 0.506. The molecule has 10 nitrogen and oxygen atoms in total. The molecule has 2 aromatic rings. The molecule has 0 saturated carbocycles. The van der Waals surface area contributed by atoms with E-state index in [1.807, 2.05) is 0 Å². The molecule has 5 N–H and O–H groups in total. The zero-order valence-corrected chi connectivity index (χ0v) is 9.29. The number of rotatable bonds is 5. The molecular weight excluding hydrogens is 238 g/mol. The number of nitrogens with zero attached hydrogens (tertiary/aromatic N) is 5. The lowest BCUT2D eigenvalue weighted by molar-refractivity contribution is 0.102. The Morgan fingerprint density at radius 3 is 3.06 bits per heavy atom. The number of anilines is 2. The van der Waals surface area contributed by atoms with E-state index in [1.165, 1.54) is 12.4 Å². The van der Waals surface area contributed by atoms with Crippen LogP contribution >= 0.6 is 0 Å². The van der Waals surface area contributed by atoms with E-state index in [0.29, 0.717) is 18.9 Å². The fraction of sp³-hybridized carbons (Fsp3) is 0.250. The Morgan fingerprint density at radius 2 is 2.33 bits per heavy atom. The minimum Gasteiger partial charge on any atom is -0.368 e. The summed E-state index contributed by atoms with van der Waals surface area (Å²) in [5, 5.41) is 18.1. The van der Waals surface area contributed by atoms with E-state index in [1.54, 1.807) is 0 Å². The third kappa shape index (κ3) is 2.95. The van der Waals surface area contributed by atoms with Gasteiger partial charge in [-0.3, -0.25) is 15.1 Å². The Labute approximate surface area is 101 Å². The fourth-order valence-corrected chi connectivity index (χ4v) is 1.14. The van der Waals surface area contributed by atoms with Crippen LogP contribution in [0.5, 0.6) is 0 Å². The predicted octanol–water partition coefficient (Wildman–Crippen LogP) is -1.39. The minimum absolute atomic E-state index is 0.0714. The Hall–Kier alpha value is -2.62. The van der Waals surface area contributed by atoms with Gasteiger partial charge in [0.25, 0.3) is 11.9 Å². The zero-order valence-electron chi connectivity index (χ0n) is 9.29. The third-order valence-electron chi connectivity index (χ3n) is 1.89. The van der Waals surface area contributed by atoms with E-state index in [2.05, 4.69) is 41.2 Å². The SMILES string of the molecule is NCCNc1cncc(C(=O)Nc2nn[nH]n2)n1. The Kier molecular flexibility index (Phi) is 3.71. The molecule has 0 unspecified atom stereocenters. The van der Waals surface area contributed by atoms with Crippen molar-refractivity contribution in [3.63, 3.8) is 0 Å². The van der Waals surface area contributed by atoms with Crippen molar-refractivity contribution in [3.8, 4) is 0 Å². The molecule has 0 spiro atoms. The summed E-state index contributed by atoms with van der Waals surface area (Å²) >= 11 is 0. The van der Waals surface area contributed by atoms with Crippen LogP contribution in [0, 0.1) is 0 Å². The van der Waals surface area contributed by atoms with E-state index in [-0.39, 0.29) is 11.6 Å². The number of H-pyrrole nitrogens is 1. The molecule has 2 heterocycles. The van der Waals surface area contributed by atoms with Gasteiger partial charge in [-0.05, 0) is 5.21 Å². The summed E-state index contributed by atoms with van der Waals surface area (Å²) in [6.45, 7) is 1.01. The van der Waals surface area contributed by atoms with Crippen LogP contribution in [0.15, 0.2) is 12.4 Å². The fourth-order valence-electron chi connectivity index (χ4n) is 1.14. The van der Waals surface area contributed by atoms with Gasteiger partial charge in [-0.2, -0.15) is 5.21 Å². The molecule has 18 heavy (non-hydrogen) atoms. The lowest BCUT2D eigenvalue weighted by atomic mass is 10.4. The molecule has 0 radical (unpaired) electrons. The van der Waals surface area contributed by atoms with Crippen molar-refractivity contribution < 1.29 is 4.79 Å². The molecule has 0 aromatic carbocycles. The largest absolute Gasteiger partial charge is 0.368 e. The summed E-state index contributed by atoms with van der Waals surface area (Å²) in [5.74, 6) is 0.0728. The second kappa shape index (κ2) is 5.63. The van der Waals surface area contributed by atoms with Gasteiger partial charge in [0.2, 0.25) is 0 Å². The van der Waals surface area contributed by atoms with Gasteiger partial charge in [0.15, 0.2) is 0 Å². The van der Waals surface area contributed by atoms with E-state index >= 15 is 0 Å². The Bertz CT molecular complexity index is 511. The van der Waals surface area contributed by atoms with Crippen molar-refractivity contribution in [1.82, 2.24) is 30.6 Å². The number of amides is 1. The zero-order chi connectivity index (χ0) is 12.8. The highest BCUT2D eigenvalue weighted by molar-refractivity contribution is 6.01. The summed E-state index contributed by atoms with van der Waals surface area (Å²) in [7, 11) is 0. The highest BCUT2D eigenvalue weighted by Crippen LogP contribution is 2.03. The van der Waals surface area contributed by atoms with E-state index in [0.717, 1.165) is 0 Å². The molecule has 94 valence electrons. The summed E-state index contributed by atoms with van der Waals surface area (Å²) < 4.78 is 0. The average molecular weight is 249 g/mol. The molecule has 0 aliphatic heterocycles. The number of aromatic amines is 1. The van der Waals surface area contributed by atoms with Crippen molar-refractivity contribution in [2.75, 3.05) is 23.7 Å². The second-order valence-electron chi connectivity index (χ2n) is 3.19. The van der Waals surface area contributed by atoms with Crippen molar-refractivity contribution >= 4 is 17.7 Å². The molecule has 2 rings (SSSR count). The summed E-state index contributed by atoms with van der Waals surface area (Å²) in [6, 6.07) is 0. The number of aromatic nitrogens is 6. The molecule has 0 aliphatic carbocycles.